The summed E-state index contributed by atoms with van der Waals surface area (Å²) in [5, 5.41) is 13.5. The van der Waals surface area contributed by atoms with Crippen LogP contribution in [0.15, 0.2) is 16.9 Å². The Labute approximate surface area is 167 Å². The molecule has 154 valence electrons. The fourth-order valence-corrected chi connectivity index (χ4v) is 5.02. The van der Waals surface area contributed by atoms with Gasteiger partial charge in [-0.05, 0) is 38.2 Å². The molecule has 10 heteroatoms. The van der Waals surface area contributed by atoms with Crippen molar-refractivity contribution in [2.24, 2.45) is 5.92 Å². The molecule has 29 heavy (non-hydrogen) atoms. The first-order chi connectivity index (χ1) is 13.8. The monoisotopic (exact) mass is 424 g/mol. The van der Waals surface area contributed by atoms with E-state index in [1.54, 1.807) is 0 Å². The summed E-state index contributed by atoms with van der Waals surface area (Å²) >= 11 is 1.35. The molecule has 5 rings (SSSR count). The topological polar surface area (TPSA) is 72.4 Å². The first-order valence-electron chi connectivity index (χ1n) is 9.54. The molecule has 2 aliphatic rings. The molecule has 0 amide bonds. The standard InChI is InChI=1S/C19H19F3N4O2S/c1-9-17(13-4-11(13)8-27)26-16(28)5-12(23-18(26)29-9)7-25-15(19(20,21)22)6-14(24-25)10-2-3-10/h5-6,10-11,13,27H,2-4,7-8H2,1H3. The zero-order chi connectivity index (χ0) is 20.5. The second-order valence-corrected chi connectivity index (χ2v) is 9.10. The molecule has 0 radical (unpaired) electrons. The maximum Gasteiger partial charge on any atom is 0.433 e. The molecule has 0 aromatic carbocycles. The van der Waals surface area contributed by atoms with Gasteiger partial charge >= 0.3 is 6.18 Å². The number of fused-ring (bicyclic) bond motifs is 1. The lowest BCUT2D eigenvalue weighted by Gasteiger charge is -2.10. The van der Waals surface area contributed by atoms with Crippen molar-refractivity contribution in [3.8, 4) is 0 Å². The van der Waals surface area contributed by atoms with Crippen molar-refractivity contribution in [1.29, 1.82) is 0 Å². The number of aliphatic hydroxyl groups excluding tert-OH is 1. The Hall–Kier alpha value is -2.20. The minimum atomic E-state index is -4.52. The predicted octanol–water partition coefficient (Wildman–Crippen LogP) is 3.30. The molecule has 3 heterocycles. The minimum Gasteiger partial charge on any atom is -0.396 e. The third-order valence-corrected chi connectivity index (χ3v) is 6.66. The summed E-state index contributed by atoms with van der Waals surface area (Å²) in [7, 11) is 0. The number of nitrogens with zero attached hydrogens (tertiary/aromatic N) is 4. The highest BCUT2D eigenvalue weighted by molar-refractivity contribution is 7.17. The van der Waals surface area contributed by atoms with Crippen molar-refractivity contribution in [2.75, 3.05) is 6.61 Å². The lowest BCUT2D eigenvalue weighted by Crippen LogP contribution is -2.20. The molecule has 0 bridgehead atoms. The average Bonchev–Trinajstić information content (AvgIpc) is 3.55. The Morgan fingerprint density at radius 1 is 1.31 bits per heavy atom. The van der Waals surface area contributed by atoms with E-state index in [1.807, 2.05) is 6.92 Å². The van der Waals surface area contributed by atoms with Crippen LogP contribution in [0.5, 0.6) is 0 Å². The lowest BCUT2D eigenvalue weighted by molar-refractivity contribution is -0.144. The van der Waals surface area contributed by atoms with Crippen LogP contribution in [0, 0.1) is 12.8 Å². The normalized spacial score (nSPS) is 21.8. The molecule has 0 spiro atoms. The Kier molecular flexibility index (Phi) is 4.15. The van der Waals surface area contributed by atoms with Gasteiger partial charge in [0.2, 0.25) is 0 Å². The number of rotatable bonds is 5. The molecule has 0 aliphatic heterocycles. The van der Waals surface area contributed by atoms with Crippen molar-refractivity contribution in [2.45, 2.75) is 50.7 Å². The molecule has 2 aliphatic carbocycles. The quantitative estimate of drug-likeness (QED) is 0.682. The van der Waals surface area contributed by atoms with E-state index in [-0.39, 0.29) is 42.2 Å². The van der Waals surface area contributed by atoms with Gasteiger partial charge < -0.3 is 5.11 Å². The molecule has 3 aromatic rings. The number of aryl methyl sites for hydroxylation is 1. The highest BCUT2D eigenvalue weighted by Crippen LogP contribution is 2.49. The van der Waals surface area contributed by atoms with Crippen LogP contribution in [0.25, 0.3) is 4.96 Å². The van der Waals surface area contributed by atoms with Crippen molar-refractivity contribution in [1.82, 2.24) is 19.2 Å². The van der Waals surface area contributed by atoms with Gasteiger partial charge in [-0.2, -0.15) is 18.3 Å². The summed E-state index contributed by atoms with van der Waals surface area (Å²) in [6, 6.07) is 2.40. The van der Waals surface area contributed by atoms with Gasteiger partial charge in [-0.25, -0.2) is 4.98 Å². The summed E-state index contributed by atoms with van der Waals surface area (Å²) in [5.74, 6) is 0.374. The van der Waals surface area contributed by atoms with Gasteiger partial charge in [0.05, 0.1) is 17.9 Å². The van der Waals surface area contributed by atoms with Crippen LogP contribution in [0.1, 0.15) is 58.8 Å². The van der Waals surface area contributed by atoms with E-state index in [0.717, 1.165) is 40.6 Å². The van der Waals surface area contributed by atoms with Gasteiger partial charge in [0.1, 0.15) is 5.69 Å². The maximum atomic E-state index is 13.4. The number of alkyl halides is 3. The van der Waals surface area contributed by atoms with Crippen LogP contribution in [0.4, 0.5) is 13.2 Å². The van der Waals surface area contributed by atoms with E-state index in [9.17, 15) is 23.1 Å². The third kappa shape index (κ3) is 3.28. The zero-order valence-electron chi connectivity index (χ0n) is 15.6. The number of aromatic nitrogens is 4. The molecule has 2 saturated carbocycles. The van der Waals surface area contributed by atoms with E-state index in [4.69, 9.17) is 0 Å². The van der Waals surface area contributed by atoms with E-state index < -0.39 is 11.9 Å². The SMILES string of the molecule is Cc1sc2nc(Cn3nc(C4CC4)cc3C(F)(F)F)cc(=O)n2c1C1CC1CO. The number of hydrogen-bond donors (Lipinski definition) is 1. The van der Waals surface area contributed by atoms with Crippen molar-refractivity contribution in [3.05, 3.63) is 50.1 Å². The van der Waals surface area contributed by atoms with Gasteiger partial charge in [-0.1, -0.05) is 0 Å². The van der Waals surface area contributed by atoms with Crippen molar-refractivity contribution < 1.29 is 18.3 Å². The predicted molar refractivity (Wildman–Crippen MR) is 100 cm³/mol. The van der Waals surface area contributed by atoms with E-state index >= 15 is 0 Å². The fraction of sp³-hybridized carbons (Fsp3) is 0.526. The highest BCUT2D eigenvalue weighted by Gasteiger charge is 2.41. The van der Waals surface area contributed by atoms with Crippen LogP contribution in [0.2, 0.25) is 0 Å². The summed E-state index contributed by atoms with van der Waals surface area (Å²) in [4.78, 5) is 18.6. The fourth-order valence-electron chi connectivity index (χ4n) is 3.95. The van der Waals surface area contributed by atoms with Gasteiger partial charge in [0.15, 0.2) is 4.96 Å². The van der Waals surface area contributed by atoms with Gasteiger partial charge in [-0.3, -0.25) is 13.9 Å². The van der Waals surface area contributed by atoms with Crippen molar-refractivity contribution >= 4 is 16.3 Å². The Balaban J connectivity index is 1.53. The summed E-state index contributed by atoms with van der Waals surface area (Å²) in [5.41, 5.74) is 0.449. The van der Waals surface area contributed by atoms with Crippen LogP contribution in [-0.4, -0.2) is 30.9 Å². The van der Waals surface area contributed by atoms with Gasteiger partial charge in [-0.15, -0.1) is 11.3 Å². The van der Waals surface area contributed by atoms with E-state index in [2.05, 4.69) is 10.1 Å². The second kappa shape index (κ2) is 6.40. The van der Waals surface area contributed by atoms with Crippen molar-refractivity contribution in [3.63, 3.8) is 0 Å². The largest absolute Gasteiger partial charge is 0.433 e. The highest BCUT2D eigenvalue weighted by atomic mass is 32.1. The Morgan fingerprint density at radius 3 is 2.69 bits per heavy atom. The molecule has 0 saturated heterocycles. The Morgan fingerprint density at radius 2 is 2.07 bits per heavy atom. The Bertz CT molecular complexity index is 1160. The molecule has 2 fully saturated rings. The molecule has 1 N–H and O–H groups in total. The van der Waals surface area contributed by atoms with Gasteiger partial charge in [0.25, 0.3) is 5.56 Å². The van der Waals surface area contributed by atoms with Crippen LogP contribution < -0.4 is 5.56 Å². The molecular weight excluding hydrogens is 405 g/mol. The zero-order valence-corrected chi connectivity index (χ0v) is 16.4. The van der Waals surface area contributed by atoms with Gasteiger partial charge in [0, 0.05) is 35.1 Å². The molecule has 2 unspecified atom stereocenters. The minimum absolute atomic E-state index is 0.0740. The molecule has 6 nitrogen and oxygen atoms in total. The number of aliphatic hydroxyl groups is 1. The summed E-state index contributed by atoms with van der Waals surface area (Å²) in [6.07, 6.45) is -1.99. The van der Waals surface area contributed by atoms with E-state index in [0.29, 0.717) is 10.7 Å². The first-order valence-corrected chi connectivity index (χ1v) is 10.4. The summed E-state index contributed by atoms with van der Waals surface area (Å²) in [6.45, 7) is 1.77. The smallest absolute Gasteiger partial charge is 0.396 e. The third-order valence-electron chi connectivity index (χ3n) is 5.69. The first kappa shape index (κ1) is 18.8. The number of halogens is 3. The second-order valence-electron chi connectivity index (χ2n) is 7.92. The number of thiazole rings is 1. The molecular formula is C19H19F3N4O2S. The molecule has 2 atom stereocenters. The number of hydrogen-bond acceptors (Lipinski definition) is 5. The molecule has 3 aromatic heterocycles. The van der Waals surface area contributed by atoms with E-state index in [1.165, 1.54) is 21.8 Å². The van der Waals surface area contributed by atoms with Crippen LogP contribution in [-0.2, 0) is 12.7 Å². The maximum absolute atomic E-state index is 13.4. The summed E-state index contributed by atoms with van der Waals surface area (Å²) < 4.78 is 42.8. The van der Waals surface area contributed by atoms with Crippen LogP contribution >= 0.6 is 11.3 Å². The van der Waals surface area contributed by atoms with Crippen LogP contribution in [0.3, 0.4) is 0 Å². The average molecular weight is 424 g/mol. The lowest BCUT2D eigenvalue weighted by atomic mass is 10.2.